The summed E-state index contributed by atoms with van der Waals surface area (Å²) < 4.78 is 17.1. The van der Waals surface area contributed by atoms with Gasteiger partial charge in [0.25, 0.3) is 17.7 Å². The van der Waals surface area contributed by atoms with Crippen LogP contribution in [0.5, 0.6) is 0 Å². The molecule has 0 aromatic heterocycles. The fourth-order valence-electron chi connectivity index (χ4n) is 4.88. The lowest BCUT2D eigenvalue weighted by Crippen LogP contribution is -2.53. The molecule has 3 amide bonds. The van der Waals surface area contributed by atoms with Crippen LogP contribution in [0, 0.1) is 0 Å². The van der Waals surface area contributed by atoms with Crippen molar-refractivity contribution in [3.8, 4) is 0 Å². The summed E-state index contributed by atoms with van der Waals surface area (Å²) in [5.74, 6) is -4.14. The van der Waals surface area contributed by atoms with Crippen molar-refractivity contribution >= 4 is 35.6 Å². The zero-order valence-electron chi connectivity index (χ0n) is 29.0. The van der Waals surface area contributed by atoms with Crippen LogP contribution in [-0.2, 0) is 43.0 Å². The predicted molar refractivity (Wildman–Crippen MR) is 169 cm³/mol. The van der Waals surface area contributed by atoms with Crippen molar-refractivity contribution in [2.24, 2.45) is 0 Å². The van der Waals surface area contributed by atoms with Gasteiger partial charge in [-0.2, -0.15) is 0 Å². The smallest absolute Gasteiger partial charge is 0.329 e. The summed E-state index contributed by atoms with van der Waals surface area (Å²) in [5, 5.41) is 0. The minimum Gasteiger partial charge on any atom is -0.451 e. The molecule has 1 aliphatic rings. The molecule has 6 atom stereocenters. The normalized spacial score (nSPS) is 26.7. The van der Waals surface area contributed by atoms with Crippen LogP contribution in [0.3, 0.4) is 0 Å². The van der Waals surface area contributed by atoms with Gasteiger partial charge in [0.1, 0.15) is 18.1 Å². The Balaban J connectivity index is 3.57. The fourth-order valence-corrected chi connectivity index (χ4v) is 4.88. The van der Waals surface area contributed by atoms with Gasteiger partial charge < -0.3 is 28.9 Å². The maximum Gasteiger partial charge on any atom is 0.329 e. The predicted octanol–water partition coefficient (Wildman–Crippen LogP) is 4.02. The lowest BCUT2D eigenvalue weighted by molar-refractivity contribution is -0.176. The Morgan fingerprint density at radius 2 is 0.667 bits per heavy atom. The van der Waals surface area contributed by atoms with Crippen molar-refractivity contribution in [3.05, 3.63) is 0 Å². The number of carbonyl (C=O) groups excluding carboxylic acids is 6. The van der Waals surface area contributed by atoms with Crippen LogP contribution in [0.25, 0.3) is 0 Å². The second kappa shape index (κ2) is 20.0. The molecule has 1 aliphatic heterocycles. The van der Waals surface area contributed by atoms with Gasteiger partial charge in [0, 0.05) is 21.1 Å². The second-order valence-electron chi connectivity index (χ2n) is 12.1. The van der Waals surface area contributed by atoms with Crippen molar-refractivity contribution in [2.75, 3.05) is 21.1 Å². The van der Waals surface area contributed by atoms with E-state index in [1.54, 1.807) is 0 Å². The first-order valence-electron chi connectivity index (χ1n) is 16.6. The van der Waals surface area contributed by atoms with Gasteiger partial charge in [-0.05, 0) is 59.3 Å². The first kappa shape index (κ1) is 39.8. The number of amides is 3. The fraction of sp³-hybridized carbons (Fsp3) is 0.818. The van der Waals surface area contributed by atoms with Gasteiger partial charge in [0.2, 0.25) is 0 Å². The summed E-state index contributed by atoms with van der Waals surface area (Å²) in [6.45, 7) is 10.5. The van der Waals surface area contributed by atoms with Gasteiger partial charge in [-0.3, -0.25) is 14.4 Å². The first-order chi connectivity index (χ1) is 21.2. The second-order valence-corrected chi connectivity index (χ2v) is 12.1. The maximum absolute atomic E-state index is 13.6. The van der Waals surface area contributed by atoms with Crippen LogP contribution < -0.4 is 0 Å². The zero-order chi connectivity index (χ0) is 34.3. The molecule has 0 bridgehead atoms. The van der Waals surface area contributed by atoms with Gasteiger partial charge in [0.05, 0.1) is 0 Å². The molecule has 12 heteroatoms. The van der Waals surface area contributed by atoms with Gasteiger partial charge in [-0.25, -0.2) is 14.4 Å². The maximum atomic E-state index is 13.6. The molecule has 0 spiro atoms. The summed E-state index contributed by atoms with van der Waals surface area (Å²) >= 11 is 0. The van der Waals surface area contributed by atoms with Crippen LogP contribution in [-0.4, -0.2) is 108 Å². The zero-order valence-corrected chi connectivity index (χ0v) is 29.0. The Bertz CT molecular complexity index is 880. The molecule has 1 saturated heterocycles. The van der Waals surface area contributed by atoms with Crippen molar-refractivity contribution in [1.29, 1.82) is 0 Å². The molecule has 258 valence electrons. The molecule has 0 saturated carbocycles. The third-order valence-electron chi connectivity index (χ3n) is 8.62. The third-order valence-corrected chi connectivity index (χ3v) is 8.62. The summed E-state index contributed by atoms with van der Waals surface area (Å²) in [7, 11) is 4.27. The van der Waals surface area contributed by atoms with E-state index in [9.17, 15) is 28.8 Å². The Morgan fingerprint density at radius 1 is 0.444 bits per heavy atom. The highest BCUT2D eigenvalue weighted by atomic mass is 16.6. The lowest BCUT2D eigenvalue weighted by Gasteiger charge is -2.33. The summed E-state index contributed by atoms with van der Waals surface area (Å²) in [6.07, 6.45) is 3.94. The van der Waals surface area contributed by atoms with Gasteiger partial charge in [0.15, 0.2) is 18.3 Å². The topological polar surface area (TPSA) is 140 Å². The largest absolute Gasteiger partial charge is 0.451 e. The van der Waals surface area contributed by atoms with Crippen molar-refractivity contribution < 1.29 is 43.0 Å². The molecule has 45 heavy (non-hydrogen) atoms. The van der Waals surface area contributed by atoms with Crippen molar-refractivity contribution in [3.63, 3.8) is 0 Å². The van der Waals surface area contributed by atoms with Crippen LogP contribution in [0.15, 0.2) is 0 Å². The average Bonchev–Trinajstić information content (AvgIpc) is 3.03. The Morgan fingerprint density at radius 3 is 0.867 bits per heavy atom. The van der Waals surface area contributed by atoms with E-state index in [0.29, 0.717) is 19.3 Å². The van der Waals surface area contributed by atoms with E-state index in [4.69, 9.17) is 14.2 Å². The Labute approximate surface area is 269 Å². The van der Waals surface area contributed by atoms with Gasteiger partial charge in [-0.15, -0.1) is 0 Å². The molecule has 12 nitrogen and oxygen atoms in total. The van der Waals surface area contributed by atoms with Crippen LogP contribution >= 0.6 is 0 Å². The first-order valence-corrected chi connectivity index (χ1v) is 16.6. The van der Waals surface area contributed by atoms with Crippen LogP contribution in [0.2, 0.25) is 0 Å². The highest BCUT2D eigenvalue weighted by Crippen LogP contribution is 2.19. The number of esters is 3. The number of cyclic esters (lactones) is 3. The summed E-state index contributed by atoms with van der Waals surface area (Å²) in [4.78, 5) is 84.2. The molecule has 0 N–H and O–H groups in total. The molecular formula is C33H57N3O9. The molecule has 1 rings (SSSR count). The number of likely N-dealkylation sites (N-methyl/N-ethyl adjacent to an activating group) is 3. The van der Waals surface area contributed by atoms with Crippen molar-refractivity contribution in [1.82, 2.24) is 14.7 Å². The van der Waals surface area contributed by atoms with E-state index in [-0.39, 0.29) is 19.3 Å². The highest BCUT2D eigenvalue weighted by Gasteiger charge is 2.39. The number of unbranched alkanes of at least 4 members (excludes halogenated alkanes) is 6. The Hall–Kier alpha value is -3.18. The molecule has 1 heterocycles. The van der Waals surface area contributed by atoms with E-state index in [1.165, 1.54) is 41.9 Å². The molecular weight excluding hydrogens is 582 g/mol. The molecule has 0 aliphatic carbocycles. The van der Waals surface area contributed by atoms with Gasteiger partial charge in [-0.1, -0.05) is 59.3 Å². The summed E-state index contributed by atoms with van der Waals surface area (Å²) in [5.41, 5.74) is 0. The number of carbonyl (C=O) groups is 6. The van der Waals surface area contributed by atoms with Crippen molar-refractivity contribution in [2.45, 2.75) is 155 Å². The summed E-state index contributed by atoms with van der Waals surface area (Å²) in [6, 6.07) is -3.28. The number of rotatable bonds is 12. The van der Waals surface area contributed by atoms with E-state index >= 15 is 0 Å². The monoisotopic (exact) mass is 639 g/mol. The standard InChI is InChI=1S/C33H57N3O9/c1-10-13-16-19-25-28(37)34(7)23(5)32(41)44-27(21-18-15-12-3)30(39)36(9)24(6)33(42)45-26(20-17-14-11-2)29(38)35(8)22(4)31(40)43-25/h22-27H,10-21H2,1-9H3/t22-,23-,24-,25+,26+,27+/m1/s1. The van der Waals surface area contributed by atoms with E-state index in [0.717, 1.165) is 53.2 Å². The number of hydrogen-bond donors (Lipinski definition) is 0. The molecule has 0 unspecified atom stereocenters. The van der Waals surface area contributed by atoms with E-state index < -0.39 is 72.1 Å². The SMILES string of the molecule is CCCCC[C@@H]1OC(=O)[C@@H](C)N(C)C(=O)[C@H](CCCCC)OC(=O)[C@@H](C)N(C)C(=O)[C@H](CCCCC)OC(=O)[C@@H](C)N(C)C1=O. The van der Waals surface area contributed by atoms with E-state index in [1.807, 2.05) is 20.8 Å². The molecule has 1 fully saturated rings. The molecule has 0 radical (unpaired) electrons. The minimum absolute atomic E-state index is 0.229. The number of nitrogens with zero attached hydrogens (tertiary/aromatic N) is 3. The number of hydrogen-bond acceptors (Lipinski definition) is 9. The lowest BCUT2D eigenvalue weighted by atomic mass is 10.1. The third kappa shape index (κ3) is 11.9. The number of ether oxygens (including phenoxy) is 3. The average molecular weight is 640 g/mol. The van der Waals surface area contributed by atoms with E-state index in [2.05, 4.69) is 0 Å². The van der Waals surface area contributed by atoms with Crippen LogP contribution in [0.1, 0.15) is 119 Å². The highest BCUT2D eigenvalue weighted by molar-refractivity contribution is 5.93. The quantitative estimate of drug-likeness (QED) is 0.176. The molecule has 0 aromatic carbocycles. The minimum atomic E-state index is -1.19. The van der Waals surface area contributed by atoms with Gasteiger partial charge >= 0.3 is 17.9 Å². The Kier molecular flexibility index (Phi) is 17.8. The van der Waals surface area contributed by atoms with Crippen LogP contribution in [0.4, 0.5) is 0 Å². The molecule has 0 aromatic rings.